The maximum absolute atomic E-state index is 14.7. The Morgan fingerprint density at radius 2 is 2.03 bits per heavy atom. The van der Waals surface area contributed by atoms with Gasteiger partial charge in [0.15, 0.2) is 0 Å². The highest BCUT2D eigenvalue weighted by Crippen LogP contribution is 2.34. The summed E-state index contributed by atoms with van der Waals surface area (Å²) in [5, 5.41) is 0.411. The van der Waals surface area contributed by atoms with Gasteiger partial charge >= 0.3 is 0 Å². The third-order valence-electron chi connectivity index (χ3n) is 5.07. The van der Waals surface area contributed by atoms with E-state index < -0.39 is 12.1 Å². The standard InChI is InChI=1S/C19H16F2N6OS/c20-11-4-7-26(9-11)15-2-1-12(17(21)25-15)18-24-13-5-8-27(19(28)16(13)29-18)14-3-6-22-10-23-14/h1-3,6,10-11H,4-5,7-9H2/t11-/m0/s1. The lowest BCUT2D eigenvalue weighted by Crippen LogP contribution is -2.37. The van der Waals surface area contributed by atoms with Crippen LogP contribution in [0.1, 0.15) is 21.8 Å². The normalized spacial score (nSPS) is 19.0. The Morgan fingerprint density at radius 1 is 1.14 bits per heavy atom. The van der Waals surface area contributed by atoms with E-state index in [4.69, 9.17) is 0 Å². The molecular weight excluding hydrogens is 398 g/mol. The predicted octanol–water partition coefficient (Wildman–Crippen LogP) is 2.89. The Hall–Kier alpha value is -3.01. The first-order valence-electron chi connectivity index (χ1n) is 9.23. The van der Waals surface area contributed by atoms with Crippen molar-refractivity contribution in [3.8, 4) is 10.6 Å². The minimum atomic E-state index is -0.908. The van der Waals surface area contributed by atoms with Crippen LogP contribution in [-0.2, 0) is 6.42 Å². The quantitative estimate of drug-likeness (QED) is 0.614. The van der Waals surface area contributed by atoms with Crippen LogP contribution < -0.4 is 9.80 Å². The number of nitrogens with zero attached hydrogens (tertiary/aromatic N) is 6. The predicted molar refractivity (Wildman–Crippen MR) is 104 cm³/mol. The SMILES string of the molecule is O=C1c2sc(-c3ccc(N4CC[C@H](F)C4)nc3F)nc2CCN1c1ccncn1. The van der Waals surface area contributed by atoms with Crippen molar-refractivity contribution in [2.75, 3.05) is 29.4 Å². The van der Waals surface area contributed by atoms with Gasteiger partial charge in [-0.3, -0.25) is 9.69 Å². The summed E-state index contributed by atoms with van der Waals surface area (Å²) in [6.45, 7) is 1.20. The summed E-state index contributed by atoms with van der Waals surface area (Å²) >= 11 is 1.15. The van der Waals surface area contributed by atoms with Crippen LogP contribution in [-0.4, -0.2) is 51.6 Å². The van der Waals surface area contributed by atoms with Crippen LogP contribution in [0.2, 0.25) is 0 Å². The van der Waals surface area contributed by atoms with Gasteiger partial charge in [-0.05, 0) is 24.6 Å². The number of hydrogen-bond donors (Lipinski definition) is 0. The molecule has 29 heavy (non-hydrogen) atoms. The van der Waals surface area contributed by atoms with Crippen LogP contribution in [0, 0.1) is 5.95 Å². The molecule has 1 amide bonds. The second kappa shape index (κ2) is 7.11. The van der Waals surface area contributed by atoms with E-state index in [9.17, 15) is 13.6 Å². The Labute approximate surface area is 169 Å². The van der Waals surface area contributed by atoms with Gasteiger partial charge in [-0.15, -0.1) is 11.3 Å². The van der Waals surface area contributed by atoms with Crippen LogP contribution >= 0.6 is 11.3 Å². The number of thiazole rings is 1. The molecule has 0 radical (unpaired) electrons. The van der Waals surface area contributed by atoms with E-state index >= 15 is 0 Å². The van der Waals surface area contributed by atoms with Crippen molar-refractivity contribution < 1.29 is 13.6 Å². The molecule has 2 aliphatic rings. The molecule has 7 nitrogen and oxygen atoms in total. The lowest BCUT2D eigenvalue weighted by Gasteiger charge is -2.24. The highest BCUT2D eigenvalue weighted by molar-refractivity contribution is 7.17. The largest absolute Gasteiger partial charge is 0.353 e. The topological polar surface area (TPSA) is 75.1 Å². The number of hydrogen-bond acceptors (Lipinski definition) is 7. The molecule has 1 fully saturated rings. The van der Waals surface area contributed by atoms with Gasteiger partial charge in [0, 0.05) is 25.7 Å². The minimum absolute atomic E-state index is 0.204. The van der Waals surface area contributed by atoms with Crippen molar-refractivity contribution in [3.63, 3.8) is 0 Å². The third kappa shape index (κ3) is 3.23. The van der Waals surface area contributed by atoms with E-state index in [0.717, 1.165) is 11.3 Å². The van der Waals surface area contributed by atoms with Crippen molar-refractivity contribution in [2.45, 2.75) is 19.0 Å². The van der Waals surface area contributed by atoms with Crippen molar-refractivity contribution in [2.24, 2.45) is 0 Å². The molecule has 5 heterocycles. The van der Waals surface area contributed by atoms with Crippen molar-refractivity contribution in [1.29, 1.82) is 0 Å². The number of fused-ring (bicyclic) bond motifs is 1. The molecule has 0 N–H and O–H groups in total. The van der Waals surface area contributed by atoms with E-state index in [-0.39, 0.29) is 18.0 Å². The minimum Gasteiger partial charge on any atom is -0.353 e. The second-order valence-corrected chi connectivity index (χ2v) is 7.91. The van der Waals surface area contributed by atoms with Gasteiger partial charge in [0.25, 0.3) is 5.91 Å². The van der Waals surface area contributed by atoms with Crippen molar-refractivity contribution in [1.82, 2.24) is 19.9 Å². The van der Waals surface area contributed by atoms with Crippen LogP contribution in [0.25, 0.3) is 10.6 Å². The molecule has 1 saturated heterocycles. The number of pyridine rings is 1. The highest BCUT2D eigenvalue weighted by Gasteiger charge is 2.31. The van der Waals surface area contributed by atoms with Gasteiger partial charge in [0.1, 0.15) is 34.0 Å². The number of carbonyl (C=O) groups is 1. The Bertz CT molecular complexity index is 1080. The lowest BCUT2D eigenvalue weighted by atomic mass is 10.1. The van der Waals surface area contributed by atoms with E-state index in [1.807, 2.05) is 0 Å². The van der Waals surface area contributed by atoms with Crippen LogP contribution in [0.4, 0.5) is 20.4 Å². The first-order chi connectivity index (χ1) is 14.1. The zero-order valence-electron chi connectivity index (χ0n) is 15.3. The number of halogens is 2. The summed E-state index contributed by atoms with van der Waals surface area (Å²) in [5.41, 5.74) is 0.897. The van der Waals surface area contributed by atoms with Gasteiger partial charge in [0.05, 0.1) is 17.8 Å². The van der Waals surface area contributed by atoms with Gasteiger partial charge in [-0.2, -0.15) is 4.39 Å². The maximum atomic E-state index is 14.7. The molecule has 0 spiro atoms. The highest BCUT2D eigenvalue weighted by atomic mass is 32.1. The van der Waals surface area contributed by atoms with E-state index in [1.54, 1.807) is 34.2 Å². The number of aromatic nitrogens is 4. The molecule has 2 aliphatic heterocycles. The fraction of sp³-hybridized carbons (Fsp3) is 0.316. The smallest absolute Gasteiger partial charge is 0.271 e. The number of carbonyl (C=O) groups excluding carboxylic acids is 1. The zero-order valence-corrected chi connectivity index (χ0v) is 16.1. The van der Waals surface area contributed by atoms with Crippen LogP contribution in [0.3, 0.4) is 0 Å². The molecule has 148 valence electrons. The number of alkyl halides is 1. The molecule has 0 aromatic carbocycles. The van der Waals surface area contributed by atoms with E-state index in [0.29, 0.717) is 53.1 Å². The third-order valence-corrected chi connectivity index (χ3v) is 6.19. The molecule has 3 aromatic heterocycles. The van der Waals surface area contributed by atoms with Gasteiger partial charge in [0.2, 0.25) is 5.95 Å². The number of rotatable bonds is 3. The molecule has 0 aliphatic carbocycles. The van der Waals surface area contributed by atoms with Crippen molar-refractivity contribution >= 4 is 28.9 Å². The van der Waals surface area contributed by atoms with Crippen LogP contribution in [0.15, 0.2) is 30.7 Å². The molecule has 0 unspecified atom stereocenters. The zero-order chi connectivity index (χ0) is 20.0. The molecule has 1 atom stereocenters. The first kappa shape index (κ1) is 18.0. The molecule has 10 heteroatoms. The maximum Gasteiger partial charge on any atom is 0.271 e. The monoisotopic (exact) mass is 414 g/mol. The van der Waals surface area contributed by atoms with Crippen LogP contribution in [0.5, 0.6) is 0 Å². The molecule has 3 aromatic rings. The van der Waals surface area contributed by atoms with Gasteiger partial charge in [-0.25, -0.2) is 24.3 Å². The number of anilines is 2. The van der Waals surface area contributed by atoms with Crippen molar-refractivity contribution in [3.05, 3.63) is 47.2 Å². The van der Waals surface area contributed by atoms with E-state index in [2.05, 4.69) is 19.9 Å². The fourth-order valence-electron chi connectivity index (χ4n) is 3.59. The van der Waals surface area contributed by atoms with Gasteiger partial charge < -0.3 is 4.90 Å². The van der Waals surface area contributed by atoms with Gasteiger partial charge in [-0.1, -0.05) is 0 Å². The molecule has 0 saturated carbocycles. The summed E-state index contributed by atoms with van der Waals surface area (Å²) in [5.74, 6) is 0.0686. The van der Waals surface area contributed by atoms with E-state index in [1.165, 1.54) is 6.33 Å². The summed E-state index contributed by atoms with van der Waals surface area (Å²) in [7, 11) is 0. The number of amides is 1. The molecule has 5 rings (SSSR count). The lowest BCUT2D eigenvalue weighted by molar-refractivity contribution is 0.0983. The summed E-state index contributed by atoms with van der Waals surface area (Å²) in [6, 6.07) is 4.94. The first-order valence-corrected chi connectivity index (χ1v) is 10.1. The summed E-state index contributed by atoms with van der Waals surface area (Å²) in [4.78, 5) is 33.2. The average Bonchev–Trinajstić information content (AvgIpc) is 3.36. The summed E-state index contributed by atoms with van der Waals surface area (Å²) in [6.07, 6.45) is 3.05. The molecular formula is C19H16F2N6OS. The fourth-order valence-corrected chi connectivity index (χ4v) is 4.67. The Morgan fingerprint density at radius 3 is 2.76 bits per heavy atom. The Balaban J connectivity index is 1.43. The Kier molecular flexibility index (Phi) is 4.42. The second-order valence-electron chi connectivity index (χ2n) is 6.91. The average molecular weight is 414 g/mol. The molecule has 0 bridgehead atoms. The summed E-state index contributed by atoms with van der Waals surface area (Å²) < 4.78 is 28.1.